The summed E-state index contributed by atoms with van der Waals surface area (Å²) in [5.41, 5.74) is 0. The Labute approximate surface area is 68.6 Å². The minimum absolute atomic E-state index is 0.776. The maximum atomic E-state index is 4.21. The molecule has 0 amide bonds. The monoisotopic (exact) mass is 152 g/mol. The fourth-order valence-electron chi connectivity index (χ4n) is 1.47. The van der Waals surface area contributed by atoms with E-state index in [2.05, 4.69) is 23.4 Å². The largest absolute Gasteiger partial charge is 0.337 e. The standard InChI is InChI=1S/C9H16N2/c1-4-11-7-8(2)5-6-9(11)10-3/h4,8H,1,5-7H2,2-3H3. The molecule has 11 heavy (non-hydrogen) atoms. The van der Waals surface area contributed by atoms with Crippen LogP contribution in [0.4, 0.5) is 0 Å². The normalized spacial score (nSPS) is 29.1. The zero-order valence-corrected chi connectivity index (χ0v) is 7.38. The molecular weight excluding hydrogens is 136 g/mol. The van der Waals surface area contributed by atoms with Gasteiger partial charge in [-0.2, -0.15) is 0 Å². The van der Waals surface area contributed by atoms with Crippen LogP contribution < -0.4 is 0 Å². The van der Waals surface area contributed by atoms with Gasteiger partial charge in [-0.3, -0.25) is 4.99 Å². The third-order valence-corrected chi connectivity index (χ3v) is 2.18. The van der Waals surface area contributed by atoms with Gasteiger partial charge in [0.15, 0.2) is 0 Å². The Morgan fingerprint density at radius 2 is 2.45 bits per heavy atom. The molecule has 0 N–H and O–H groups in total. The van der Waals surface area contributed by atoms with E-state index in [-0.39, 0.29) is 0 Å². The molecule has 1 aliphatic rings. The van der Waals surface area contributed by atoms with Crippen LogP contribution >= 0.6 is 0 Å². The van der Waals surface area contributed by atoms with Crippen LogP contribution in [0.5, 0.6) is 0 Å². The fourth-order valence-corrected chi connectivity index (χ4v) is 1.47. The molecule has 1 unspecified atom stereocenters. The van der Waals surface area contributed by atoms with Gasteiger partial charge in [0.05, 0.1) is 0 Å². The minimum Gasteiger partial charge on any atom is -0.337 e. The highest BCUT2D eigenvalue weighted by Crippen LogP contribution is 2.17. The molecular formula is C9H16N2. The van der Waals surface area contributed by atoms with Crippen LogP contribution in [0.2, 0.25) is 0 Å². The van der Waals surface area contributed by atoms with Gasteiger partial charge in [-0.1, -0.05) is 13.5 Å². The summed E-state index contributed by atoms with van der Waals surface area (Å²) in [7, 11) is 1.85. The smallest absolute Gasteiger partial charge is 0.102 e. The number of amidine groups is 1. The maximum Gasteiger partial charge on any atom is 0.102 e. The number of nitrogens with zero attached hydrogens (tertiary/aromatic N) is 2. The molecule has 0 radical (unpaired) electrons. The molecule has 1 atom stereocenters. The summed E-state index contributed by atoms with van der Waals surface area (Å²) in [6.45, 7) is 7.11. The summed E-state index contributed by atoms with van der Waals surface area (Å²) in [4.78, 5) is 6.35. The number of hydrogen-bond donors (Lipinski definition) is 0. The molecule has 2 nitrogen and oxygen atoms in total. The first-order valence-corrected chi connectivity index (χ1v) is 4.12. The minimum atomic E-state index is 0.776. The summed E-state index contributed by atoms with van der Waals surface area (Å²) in [6, 6.07) is 0. The first-order valence-electron chi connectivity index (χ1n) is 4.12. The second kappa shape index (κ2) is 3.56. The van der Waals surface area contributed by atoms with Gasteiger partial charge in [0, 0.05) is 20.0 Å². The topological polar surface area (TPSA) is 15.6 Å². The molecule has 2 heteroatoms. The van der Waals surface area contributed by atoms with Crippen LogP contribution in [0.3, 0.4) is 0 Å². The van der Waals surface area contributed by atoms with E-state index in [9.17, 15) is 0 Å². The number of aliphatic imine (C=N–C) groups is 1. The van der Waals surface area contributed by atoms with E-state index >= 15 is 0 Å². The lowest BCUT2D eigenvalue weighted by molar-refractivity contribution is 0.372. The van der Waals surface area contributed by atoms with Crippen LogP contribution in [0.1, 0.15) is 19.8 Å². The maximum absolute atomic E-state index is 4.21. The zero-order chi connectivity index (χ0) is 8.27. The predicted molar refractivity (Wildman–Crippen MR) is 48.7 cm³/mol. The van der Waals surface area contributed by atoms with E-state index in [4.69, 9.17) is 0 Å². The molecule has 1 aliphatic heterocycles. The third-order valence-electron chi connectivity index (χ3n) is 2.18. The molecule has 1 fully saturated rings. The molecule has 0 aromatic carbocycles. The van der Waals surface area contributed by atoms with Crippen LogP contribution in [0, 0.1) is 5.92 Å². The average Bonchev–Trinajstić information content (AvgIpc) is 2.04. The van der Waals surface area contributed by atoms with Crippen molar-refractivity contribution >= 4 is 5.84 Å². The molecule has 0 aliphatic carbocycles. The van der Waals surface area contributed by atoms with E-state index < -0.39 is 0 Å². The third kappa shape index (κ3) is 1.82. The van der Waals surface area contributed by atoms with Crippen molar-refractivity contribution in [2.75, 3.05) is 13.6 Å². The molecule has 0 spiro atoms. The lowest BCUT2D eigenvalue weighted by Gasteiger charge is -2.30. The van der Waals surface area contributed by atoms with Gasteiger partial charge in [0.25, 0.3) is 0 Å². The Bertz CT molecular complexity index is 172. The summed E-state index contributed by atoms with van der Waals surface area (Å²) in [6.07, 6.45) is 4.23. The lowest BCUT2D eigenvalue weighted by Crippen LogP contribution is -2.34. The molecule has 0 aromatic heterocycles. The molecule has 1 saturated heterocycles. The number of piperidine rings is 1. The molecule has 0 bridgehead atoms. The van der Waals surface area contributed by atoms with Crippen LogP contribution in [0.15, 0.2) is 17.8 Å². The van der Waals surface area contributed by atoms with Gasteiger partial charge in [0.2, 0.25) is 0 Å². The van der Waals surface area contributed by atoms with E-state index in [1.54, 1.807) is 0 Å². The summed E-state index contributed by atoms with van der Waals surface area (Å²) in [5.74, 6) is 1.96. The molecule has 1 rings (SSSR count). The zero-order valence-electron chi connectivity index (χ0n) is 7.38. The van der Waals surface area contributed by atoms with Crippen molar-refractivity contribution in [3.63, 3.8) is 0 Å². The van der Waals surface area contributed by atoms with Crippen molar-refractivity contribution in [1.82, 2.24) is 4.90 Å². The molecule has 0 aromatic rings. The highest BCUT2D eigenvalue weighted by atomic mass is 15.2. The quantitative estimate of drug-likeness (QED) is 0.560. The average molecular weight is 152 g/mol. The van der Waals surface area contributed by atoms with Crippen molar-refractivity contribution in [3.05, 3.63) is 12.8 Å². The Morgan fingerprint density at radius 1 is 1.73 bits per heavy atom. The van der Waals surface area contributed by atoms with Gasteiger partial charge in [-0.15, -0.1) is 0 Å². The van der Waals surface area contributed by atoms with Crippen molar-refractivity contribution in [2.24, 2.45) is 10.9 Å². The van der Waals surface area contributed by atoms with E-state index in [0.29, 0.717) is 0 Å². The van der Waals surface area contributed by atoms with Crippen LogP contribution in [-0.2, 0) is 0 Å². The summed E-state index contributed by atoms with van der Waals surface area (Å²) >= 11 is 0. The SMILES string of the molecule is C=CN1CC(C)CCC1=NC. The second-order valence-corrected chi connectivity index (χ2v) is 3.12. The van der Waals surface area contributed by atoms with Gasteiger partial charge in [-0.05, 0) is 18.5 Å². The van der Waals surface area contributed by atoms with E-state index in [1.165, 1.54) is 12.3 Å². The second-order valence-electron chi connectivity index (χ2n) is 3.12. The summed E-state index contributed by atoms with van der Waals surface area (Å²) < 4.78 is 0. The Kier molecular flexibility index (Phi) is 2.69. The van der Waals surface area contributed by atoms with Crippen molar-refractivity contribution in [2.45, 2.75) is 19.8 Å². The van der Waals surface area contributed by atoms with E-state index in [0.717, 1.165) is 18.9 Å². The lowest BCUT2D eigenvalue weighted by atomic mass is 10.00. The molecule has 62 valence electrons. The van der Waals surface area contributed by atoms with E-state index in [1.807, 2.05) is 13.2 Å². The van der Waals surface area contributed by atoms with Gasteiger partial charge < -0.3 is 4.90 Å². The molecule has 0 saturated carbocycles. The van der Waals surface area contributed by atoms with Gasteiger partial charge >= 0.3 is 0 Å². The Balaban J connectivity index is 2.62. The van der Waals surface area contributed by atoms with Crippen LogP contribution in [0.25, 0.3) is 0 Å². The Morgan fingerprint density at radius 3 is 3.00 bits per heavy atom. The predicted octanol–water partition coefficient (Wildman–Crippen LogP) is 1.89. The molecule has 1 heterocycles. The van der Waals surface area contributed by atoms with Crippen molar-refractivity contribution in [1.29, 1.82) is 0 Å². The Hall–Kier alpha value is -0.790. The number of rotatable bonds is 1. The first kappa shape index (κ1) is 8.31. The number of likely N-dealkylation sites (tertiary alicyclic amines) is 1. The fraction of sp³-hybridized carbons (Fsp3) is 0.667. The first-order chi connectivity index (χ1) is 5.27. The summed E-state index contributed by atoms with van der Waals surface area (Å²) in [5, 5.41) is 0. The number of hydrogen-bond acceptors (Lipinski definition) is 1. The van der Waals surface area contributed by atoms with Crippen molar-refractivity contribution < 1.29 is 0 Å². The van der Waals surface area contributed by atoms with Gasteiger partial charge in [-0.25, -0.2) is 0 Å². The van der Waals surface area contributed by atoms with Crippen LogP contribution in [-0.4, -0.2) is 24.3 Å². The van der Waals surface area contributed by atoms with Crippen molar-refractivity contribution in [3.8, 4) is 0 Å². The highest BCUT2D eigenvalue weighted by Gasteiger charge is 2.17. The highest BCUT2D eigenvalue weighted by molar-refractivity contribution is 5.83. The van der Waals surface area contributed by atoms with Gasteiger partial charge in [0.1, 0.15) is 5.84 Å².